The van der Waals surface area contributed by atoms with E-state index in [1.165, 1.54) is 0 Å². The Morgan fingerprint density at radius 3 is 2.74 bits per heavy atom. The highest BCUT2D eigenvalue weighted by molar-refractivity contribution is 5.80. The molecule has 0 amide bonds. The van der Waals surface area contributed by atoms with Crippen LogP contribution in [-0.4, -0.2) is 54.4 Å². The van der Waals surface area contributed by atoms with Crippen LogP contribution in [0.1, 0.15) is 26.7 Å². The van der Waals surface area contributed by atoms with E-state index in [-0.39, 0.29) is 0 Å². The summed E-state index contributed by atoms with van der Waals surface area (Å²) in [4.78, 5) is 5.86. The molecule has 2 atom stereocenters. The number of halogens is 3. The minimum absolute atomic E-state index is 0.456. The van der Waals surface area contributed by atoms with E-state index in [1.54, 1.807) is 0 Å². The zero-order valence-corrected chi connectivity index (χ0v) is 11.4. The summed E-state index contributed by atoms with van der Waals surface area (Å²) in [5, 5.41) is 12.0. The molecule has 1 aliphatic rings. The van der Waals surface area contributed by atoms with Gasteiger partial charge in [0.05, 0.1) is 6.54 Å². The third kappa shape index (κ3) is 5.26. The van der Waals surface area contributed by atoms with Crippen molar-refractivity contribution in [1.82, 2.24) is 10.2 Å². The molecule has 0 aromatic rings. The highest BCUT2D eigenvalue weighted by atomic mass is 19.4. The molecule has 0 aromatic carbocycles. The highest BCUT2D eigenvalue weighted by Gasteiger charge is 2.38. The molecule has 2 N–H and O–H groups in total. The van der Waals surface area contributed by atoms with Gasteiger partial charge in [0.1, 0.15) is 0 Å². The molecule has 0 aliphatic carbocycles. The van der Waals surface area contributed by atoms with Crippen molar-refractivity contribution in [3.8, 4) is 0 Å². The lowest BCUT2D eigenvalue weighted by atomic mass is 10.0. The summed E-state index contributed by atoms with van der Waals surface area (Å²) >= 11 is 0. The van der Waals surface area contributed by atoms with Crippen molar-refractivity contribution in [2.45, 2.75) is 39.0 Å². The minimum atomic E-state index is -4.62. The van der Waals surface area contributed by atoms with E-state index in [0.29, 0.717) is 18.4 Å². The van der Waals surface area contributed by atoms with Crippen molar-refractivity contribution < 1.29 is 18.3 Å². The maximum Gasteiger partial charge on any atom is 0.416 e. The highest BCUT2D eigenvalue weighted by Crippen LogP contribution is 2.20. The van der Waals surface area contributed by atoms with E-state index in [2.05, 4.69) is 17.2 Å². The van der Waals surface area contributed by atoms with Crippen LogP contribution >= 0.6 is 0 Å². The molecule has 1 rings (SSSR count). The summed E-state index contributed by atoms with van der Waals surface area (Å²) in [5.41, 5.74) is 0. The van der Waals surface area contributed by atoms with Crippen LogP contribution in [0.15, 0.2) is 4.99 Å². The number of likely N-dealkylation sites (tertiary alicyclic amines) is 1. The van der Waals surface area contributed by atoms with Gasteiger partial charge in [0.15, 0.2) is 12.1 Å². The molecular formula is C12H22F3N3O. The van der Waals surface area contributed by atoms with Crippen molar-refractivity contribution in [3.63, 3.8) is 0 Å². The molecule has 0 aromatic heterocycles. The van der Waals surface area contributed by atoms with Gasteiger partial charge in [-0.05, 0) is 25.7 Å². The molecule has 0 bridgehead atoms. The standard InChI is InChI=1S/C12H22F3N3O/c1-3-16-11(17-7-10(19)12(13,14)15)18-6-4-5-9(2)8-18/h9-10,19H,3-8H2,1-2H3,(H,16,17). The van der Waals surface area contributed by atoms with E-state index >= 15 is 0 Å². The predicted octanol–water partition coefficient (Wildman–Crippen LogP) is 1.61. The summed E-state index contributed by atoms with van der Waals surface area (Å²) in [6.07, 6.45) is -4.88. The quantitative estimate of drug-likeness (QED) is 0.610. The van der Waals surface area contributed by atoms with E-state index in [9.17, 15) is 13.2 Å². The number of nitrogens with one attached hydrogen (secondary N) is 1. The average Bonchev–Trinajstić information content (AvgIpc) is 2.32. The van der Waals surface area contributed by atoms with Crippen molar-refractivity contribution in [1.29, 1.82) is 0 Å². The molecular weight excluding hydrogens is 259 g/mol. The molecule has 2 unspecified atom stereocenters. The first-order valence-corrected chi connectivity index (χ1v) is 6.62. The number of alkyl halides is 3. The Morgan fingerprint density at radius 2 is 2.21 bits per heavy atom. The molecule has 1 aliphatic heterocycles. The van der Waals surface area contributed by atoms with Crippen LogP contribution in [0.5, 0.6) is 0 Å². The van der Waals surface area contributed by atoms with Gasteiger partial charge in [-0.1, -0.05) is 6.92 Å². The molecule has 112 valence electrons. The van der Waals surface area contributed by atoms with Crippen LogP contribution in [0, 0.1) is 5.92 Å². The van der Waals surface area contributed by atoms with Gasteiger partial charge in [0, 0.05) is 19.6 Å². The Kier molecular flexibility index (Phi) is 5.90. The second-order valence-corrected chi connectivity index (χ2v) is 4.95. The fourth-order valence-corrected chi connectivity index (χ4v) is 2.08. The summed E-state index contributed by atoms with van der Waals surface area (Å²) in [6.45, 7) is 5.48. The zero-order valence-electron chi connectivity index (χ0n) is 11.4. The summed E-state index contributed by atoms with van der Waals surface area (Å²) in [7, 11) is 0. The number of rotatable bonds is 3. The van der Waals surface area contributed by atoms with Gasteiger partial charge < -0.3 is 15.3 Å². The van der Waals surface area contributed by atoms with Crippen molar-refractivity contribution in [3.05, 3.63) is 0 Å². The Balaban J connectivity index is 2.65. The summed E-state index contributed by atoms with van der Waals surface area (Å²) < 4.78 is 36.7. The molecule has 0 saturated carbocycles. The lowest BCUT2D eigenvalue weighted by molar-refractivity contribution is -0.199. The van der Waals surface area contributed by atoms with Gasteiger partial charge in [-0.25, -0.2) is 0 Å². The molecule has 0 spiro atoms. The maximum absolute atomic E-state index is 12.2. The monoisotopic (exact) mass is 281 g/mol. The maximum atomic E-state index is 12.2. The first kappa shape index (κ1) is 16.1. The Hall–Kier alpha value is -0.980. The Bertz CT molecular complexity index is 307. The largest absolute Gasteiger partial charge is 0.416 e. The van der Waals surface area contributed by atoms with E-state index in [1.807, 2.05) is 11.8 Å². The van der Waals surface area contributed by atoms with Crippen LogP contribution in [-0.2, 0) is 0 Å². The first-order chi connectivity index (χ1) is 8.84. The van der Waals surface area contributed by atoms with Gasteiger partial charge in [0.25, 0.3) is 0 Å². The topological polar surface area (TPSA) is 47.9 Å². The first-order valence-electron chi connectivity index (χ1n) is 6.62. The second-order valence-electron chi connectivity index (χ2n) is 4.95. The fourth-order valence-electron chi connectivity index (χ4n) is 2.08. The van der Waals surface area contributed by atoms with Gasteiger partial charge in [-0.15, -0.1) is 0 Å². The van der Waals surface area contributed by atoms with Crippen LogP contribution in [0.25, 0.3) is 0 Å². The molecule has 19 heavy (non-hydrogen) atoms. The number of hydrogen-bond donors (Lipinski definition) is 2. The fraction of sp³-hybridized carbons (Fsp3) is 0.917. The third-order valence-corrected chi connectivity index (χ3v) is 3.08. The summed E-state index contributed by atoms with van der Waals surface area (Å²) in [6, 6.07) is 0. The molecule has 1 fully saturated rings. The van der Waals surface area contributed by atoms with Gasteiger partial charge >= 0.3 is 6.18 Å². The van der Waals surface area contributed by atoms with E-state index in [0.717, 1.165) is 25.9 Å². The number of aliphatic hydroxyl groups excluding tert-OH is 1. The van der Waals surface area contributed by atoms with Crippen LogP contribution in [0.3, 0.4) is 0 Å². The zero-order chi connectivity index (χ0) is 14.5. The van der Waals surface area contributed by atoms with Crippen LogP contribution < -0.4 is 5.32 Å². The minimum Gasteiger partial charge on any atom is -0.382 e. The van der Waals surface area contributed by atoms with Crippen molar-refractivity contribution in [2.24, 2.45) is 10.9 Å². The number of nitrogens with zero attached hydrogens (tertiary/aromatic N) is 2. The number of aliphatic imine (C=N–C) groups is 1. The average molecular weight is 281 g/mol. The molecule has 0 radical (unpaired) electrons. The van der Waals surface area contributed by atoms with Crippen molar-refractivity contribution in [2.75, 3.05) is 26.2 Å². The smallest absolute Gasteiger partial charge is 0.382 e. The molecule has 1 saturated heterocycles. The van der Waals surface area contributed by atoms with E-state index < -0.39 is 18.8 Å². The SMILES string of the molecule is CCNC(=NCC(O)C(F)(F)F)N1CCCC(C)C1. The number of guanidine groups is 1. The molecule has 7 heteroatoms. The van der Waals surface area contributed by atoms with E-state index in [4.69, 9.17) is 5.11 Å². The van der Waals surface area contributed by atoms with Crippen LogP contribution in [0.4, 0.5) is 13.2 Å². The normalized spacial score (nSPS) is 23.4. The Morgan fingerprint density at radius 1 is 1.53 bits per heavy atom. The predicted molar refractivity (Wildman–Crippen MR) is 68.0 cm³/mol. The summed E-state index contributed by atoms with van der Waals surface area (Å²) in [5.74, 6) is 0.961. The lowest BCUT2D eigenvalue weighted by Gasteiger charge is -2.33. The number of aliphatic hydroxyl groups is 1. The van der Waals surface area contributed by atoms with Gasteiger partial charge in [0.2, 0.25) is 0 Å². The third-order valence-electron chi connectivity index (χ3n) is 3.08. The second kappa shape index (κ2) is 6.98. The number of hydrogen-bond acceptors (Lipinski definition) is 2. The van der Waals surface area contributed by atoms with Crippen molar-refractivity contribution >= 4 is 5.96 Å². The van der Waals surface area contributed by atoms with Gasteiger partial charge in [-0.2, -0.15) is 13.2 Å². The van der Waals surface area contributed by atoms with Crippen LogP contribution in [0.2, 0.25) is 0 Å². The molecule has 4 nitrogen and oxygen atoms in total. The molecule has 1 heterocycles. The number of piperidine rings is 1. The van der Waals surface area contributed by atoms with Gasteiger partial charge in [-0.3, -0.25) is 4.99 Å². The Labute approximate surface area is 111 Å². The lowest BCUT2D eigenvalue weighted by Crippen LogP contribution is -2.46.